The third-order valence-electron chi connectivity index (χ3n) is 1.46. The minimum atomic E-state index is -2.84. The quantitative estimate of drug-likeness (QED) is 0.707. The van der Waals surface area contributed by atoms with Crippen molar-refractivity contribution in [2.45, 2.75) is 18.7 Å². The number of aromatic nitrogens is 1. The Balaban J connectivity index is 0.00000144. The Morgan fingerprint density at radius 2 is 2.08 bits per heavy atom. The van der Waals surface area contributed by atoms with Crippen molar-refractivity contribution in [3.63, 3.8) is 0 Å². The summed E-state index contributed by atoms with van der Waals surface area (Å²) in [7, 11) is 0. The number of hydrogen-bond acceptors (Lipinski definition) is 1. The van der Waals surface area contributed by atoms with E-state index in [1.807, 2.05) is 0 Å². The molecule has 0 saturated carbocycles. The van der Waals surface area contributed by atoms with Crippen molar-refractivity contribution in [3.8, 4) is 0 Å². The Hall–Kier alpha value is -0.410. The number of nitrogens with zero attached hydrogens (tertiary/aromatic N) is 1. The average molecular weight is 228 g/mol. The van der Waals surface area contributed by atoms with Crippen LogP contribution >= 0.6 is 24.0 Å². The first kappa shape index (κ1) is 12.6. The van der Waals surface area contributed by atoms with Gasteiger partial charge in [-0.2, -0.15) is 0 Å². The largest absolute Gasteiger partial charge is 0.272 e. The summed E-state index contributed by atoms with van der Waals surface area (Å²) in [5.74, 6) is -2.63. The molecule has 0 atom stereocenters. The van der Waals surface area contributed by atoms with Gasteiger partial charge in [-0.1, -0.05) is 0 Å². The van der Waals surface area contributed by atoms with E-state index in [1.165, 1.54) is 12.3 Å². The first-order valence-electron chi connectivity index (χ1n) is 3.42. The zero-order valence-corrected chi connectivity index (χ0v) is 8.50. The molecule has 0 N–H and O–H groups in total. The maximum atomic E-state index is 12.7. The zero-order valence-electron chi connectivity index (χ0n) is 6.93. The second-order valence-electron chi connectivity index (χ2n) is 2.60. The van der Waals surface area contributed by atoms with Crippen molar-refractivity contribution in [1.29, 1.82) is 0 Å². The SMILES string of the molecule is CC(F)(F)c1cncc(CCl)c1.Cl. The van der Waals surface area contributed by atoms with Gasteiger partial charge >= 0.3 is 0 Å². The van der Waals surface area contributed by atoms with Gasteiger partial charge < -0.3 is 0 Å². The predicted octanol–water partition coefficient (Wildman–Crippen LogP) is 3.35. The van der Waals surface area contributed by atoms with Gasteiger partial charge in [-0.3, -0.25) is 4.98 Å². The summed E-state index contributed by atoms with van der Waals surface area (Å²) in [6.07, 6.45) is 2.62. The fraction of sp³-hybridized carbons (Fsp3) is 0.375. The smallest absolute Gasteiger partial charge is 0.264 e. The van der Waals surface area contributed by atoms with Crippen LogP contribution in [0, 0.1) is 0 Å². The first-order chi connectivity index (χ1) is 5.54. The van der Waals surface area contributed by atoms with E-state index in [0.717, 1.165) is 13.1 Å². The van der Waals surface area contributed by atoms with Crippen molar-refractivity contribution in [1.82, 2.24) is 4.98 Å². The van der Waals surface area contributed by atoms with Crippen LogP contribution in [0.25, 0.3) is 0 Å². The van der Waals surface area contributed by atoms with Crippen LogP contribution in [0.5, 0.6) is 0 Å². The van der Waals surface area contributed by atoms with E-state index in [-0.39, 0.29) is 23.9 Å². The molecule has 0 amide bonds. The fourth-order valence-electron chi connectivity index (χ4n) is 0.801. The molecule has 1 nitrogen and oxygen atoms in total. The van der Waals surface area contributed by atoms with Crippen molar-refractivity contribution in [3.05, 3.63) is 29.6 Å². The number of alkyl halides is 3. The topological polar surface area (TPSA) is 12.9 Å². The lowest BCUT2D eigenvalue weighted by atomic mass is 10.1. The molecule has 13 heavy (non-hydrogen) atoms. The maximum Gasteiger partial charge on any atom is 0.272 e. The summed E-state index contributed by atoms with van der Waals surface area (Å²) in [4.78, 5) is 3.66. The van der Waals surface area contributed by atoms with Gasteiger partial charge in [-0.25, -0.2) is 8.78 Å². The van der Waals surface area contributed by atoms with Crippen LogP contribution in [-0.2, 0) is 11.8 Å². The minimum Gasteiger partial charge on any atom is -0.264 e. The van der Waals surface area contributed by atoms with E-state index in [0.29, 0.717) is 5.56 Å². The lowest BCUT2D eigenvalue weighted by Crippen LogP contribution is -2.07. The molecule has 0 aliphatic rings. The molecular formula is C8H9Cl2F2N. The summed E-state index contributed by atoms with van der Waals surface area (Å²) >= 11 is 5.46. The van der Waals surface area contributed by atoms with Gasteiger partial charge in [0.05, 0.1) is 0 Å². The summed E-state index contributed by atoms with van der Waals surface area (Å²) in [6, 6.07) is 1.36. The number of pyridine rings is 1. The average Bonchev–Trinajstić information content (AvgIpc) is 2.03. The van der Waals surface area contributed by atoms with E-state index in [4.69, 9.17) is 11.6 Å². The molecule has 0 bridgehead atoms. The molecule has 1 aromatic rings. The molecule has 74 valence electrons. The Morgan fingerprint density at radius 3 is 2.54 bits per heavy atom. The highest BCUT2D eigenvalue weighted by atomic mass is 35.5. The molecule has 0 aromatic carbocycles. The molecular weight excluding hydrogens is 219 g/mol. The predicted molar refractivity (Wildman–Crippen MR) is 50.6 cm³/mol. The fourth-order valence-corrected chi connectivity index (χ4v) is 0.947. The number of hydrogen-bond donors (Lipinski definition) is 0. The van der Waals surface area contributed by atoms with Crippen LogP contribution in [0.15, 0.2) is 18.5 Å². The first-order valence-corrected chi connectivity index (χ1v) is 3.95. The van der Waals surface area contributed by atoms with E-state index in [1.54, 1.807) is 0 Å². The van der Waals surface area contributed by atoms with Gasteiger partial charge in [-0.15, -0.1) is 24.0 Å². The molecule has 1 heterocycles. The molecule has 0 fully saturated rings. The molecule has 0 aliphatic heterocycles. The van der Waals surface area contributed by atoms with Gasteiger partial charge in [0, 0.05) is 30.8 Å². The molecule has 1 aromatic heterocycles. The second kappa shape index (κ2) is 4.72. The van der Waals surface area contributed by atoms with Crippen molar-refractivity contribution < 1.29 is 8.78 Å². The lowest BCUT2D eigenvalue weighted by Gasteiger charge is -2.09. The highest BCUT2D eigenvalue weighted by Crippen LogP contribution is 2.26. The number of halogens is 4. The summed E-state index contributed by atoms with van der Waals surface area (Å²) in [5, 5.41) is 0. The van der Waals surface area contributed by atoms with Crippen LogP contribution < -0.4 is 0 Å². The Bertz CT molecular complexity index is 273. The van der Waals surface area contributed by atoms with Crippen LogP contribution in [0.3, 0.4) is 0 Å². The van der Waals surface area contributed by atoms with Gasteiger partial charge in [0.15, 0.2) is 0 Å². The highest BCUT2D eigenvalue weighted by Gasteiger charge is 2.24. The molecule has 5 heteroatoms. The highest BCUT2D eigenvalue weighted by molar-refractivity contribution is 6.17. The van der Waals surface area contributed by atoms with Crippen LogP contribution in [0.4, 0.5) is 8.78 Å². The molecule has 0 aliphatic carbocycles. The molecule has 1 rings (SSSR count). The molecule has 0 spiro atoms. The molecule has 0 radical (unpaired) electrons. The van der Waals surface area contributed by atoms with Crippen molar-refractivity contribution in [2.75, 3.05) is 0 Å². The Kier molecular flexibility index (Phi) is 4.57. The van der Waals surface area contributed by atoms with Crippen molar-refractivity contribution >= 4 is 24.0 Å². The van der Waals surface area contributed by atoms with Crippen molar-refractivity contribution in [2.24, 2.45) is 0 Å². The van der Waals surface area contributed by atoms with E-state index in [2.05, 4.69) is 4.98 Å². The van der Waals surface area contributed by atoms with Gasteiger partial charge in [-0.05, 0) is 11.6 Å². The molecule has 0 saturated heterocycles. The van der Waals surface area contributed by atoms with Crippen LogP contribution in [-0.4, -0.2) is 4.98 Å². The Morgan fingerprint density at radius 1 is 1.46 bits per heavy atom. The van der Waals surface area contributed by atoms with E-state index >= 15 is 0 Å². The monoisotopic (exact) mass is 227 g/mol. The van der Waals surface area contributed by atoms with E-state index < -0.39 is 5.92 Å². The minimum absolute atomic E-state index is 0. The third-order valence-corrected chi connectivity index (χ3v) is 1.76. The zero-order chi connectivity index (χ0) is 9.19. The van der Waals surface area contributed by atoms with Gasteiger partial charge in [0.1, 0.15) is 0 Å². The van der Waals surface area contributed by atoms with Crippen LogP contribution in [0.1, 0.15) is 18.1 Å². The Labute approximate surface area is 86.5 Å². The second-order valence-corrected chi connectivity index (χ2v) is 2.87. The summed E-state index contributed by atoms with van der Waals surface area (Å²) in [6.45, 7) is 0.835. The maximum absolute atomic E-state index is 12.7. The lowest BCUT2D eigenvalue weighted by molar-refractivity contribution is 0.0170. The standard InChI is InChI=1S/C8H8ClF2N.ClH/c1-8(10,11)7-2-6(3-9)4-12-5-7;/h2,4-5H,3H2,1H3;1H. The summed E-state index contributed by atoms with van der Waals surface area (Å²) in [5.41, 5.74) is 0.511. The van der Waals surface area contributed by atoms with Gasteiger partial charge in [0.2, 0.25) is 0 Å². The summed E-state index contributed by atoms with van der Waals surface area (Å²) < 4.78 is 25.4. The van der Waals surface area contributed by atoms with Crippen LogP contribution in [0.2, 0.25) is 0 Å². The molecule has 0 unspecified atom stereocenters. The van der Waals surface area contributed by atoms with Gasteiger partial charge in [0.25, 0.3) is 5.92 Å². The van der Waals surface area contributed by atoms with E-state index in [9.17, 15) is 8.78 Å². The third kappa shape index (κ3) is 3.44. The number of rotatable bonds is 2. The normalized spacial score (nSPS) is 10.8.